The van der Waals surface area contributed by atoms with Crippen LogP contribution in [-0.2, 0) is 11.5 Å². The van der Waals surface area contributed by atoms with Crippen LogP contribution in [0.15, 0.2) is 9.59 Å². The van der Waals surface area contributed by atoms with Gasteiger partial charge in [0.2, 0.25) is 0 Å². The van der Waals surface area contributed by atoms with Crippen LogP contribution in [0.25, 0.3) is 0 Å². The largest absolute Gasteiger partial charge is 0.330 e. The zero-order chi connectivity index (χ0) is 13.4. The van der Waals surface area contributed by atoms with Gasteiger partial charge in [0.05, 0.1) is 17.1 Å². The quantitative estimate of drug-likeness (QED) is 0.860. The molecule has 2 rings (SSSR count). The first-order valence-corrected chi connectivity index (χ1v) is 7.71. The van der Waals surface area contributed by atoms with E-state index in [0.29, 0.717) is 40.4 Å². The maximum atomic E-state index is 12.1. The third-order valence-corrected chi connectivity index (χ3v) is 4.05. The zero-order valence-corrected chi connectivity index (χ0v) is 12.0. The summed E-state index contributed by atoms with van der Waals surface area (Å²) in [6.45, 7) is 3.42. The topological polar surface area (TPSA) is 63.2 Å². The Labute approximate surface area is 112 Å². The number of fused-ring (bicyclic) bond motifs is 1. The molecular weight excluding hydrogens is 272 g/mol. The molecule has 0 aromatic carbocycles. The molecular formula is C11H14N2O3S2. The summed E-state index contributed by atoms with van der Waals surface area (Å²) in [4.78, 5) is 24.1. The highest BCUT2D eigenvalue weighted by atomic mass is 32.2. The summed E-state index contributed by atoms with van der Waals surface area (Å²) in [6.07, 6.45) is 1.95. The van der Waals surface area contributed by atoms with Crippen molar-refractivity contribution in [3.8, 4) is 0 Å². The highest BCUT2D eigenvalue weighted by molar-refractivity contribution is 7.97. The van der Waals surface area contributed by atoms with Gasteiger partial charge in [-0.15, -0.1) is 0 Å². The summed E-state index contributed by atoms with van der Waals surface area (Å²) >= 11 is 2.25. The molecule has 0 saturated heterocycles. The molecule has 0 saturated carbocycles. The number of hydrogen-bond acceptors (Lipinski definition) is 5. The Morgan fingerprint density at radius 1 is 1.00 bits per heavy atom. The summed E-state index contributed by atoms with van der Waals surface area (Å²) in [6, 6.07) is 0. The van der Waals surface area contributed by atoms with Gasteiger partial charge in [0.25, 0.3) is 11.1 Å². The van der Waals surface area contributed by atoms with E-state index < -0.39 is 0 Å². The lowest BCUT2D eigenvalue weighted by Gasteiger charge is -2.03. The molecule has 0 aliphatic rings. The first-order valence-electron chi connectivity index (χ1n) is 5.38. The Balaban J connectivity index is 2.92. The van der Waals surface area contributed by atoms with Crippen LogP contribution in [0.4, 0.5) is 0 Å². The van der Waals surface area contributed by atoms with Crippen molar-refractivity contribution in [1.82, 2.24) is 9.03 Å². The Hall–Kier alpha value is -0.920. The Bertz CT molecular complexity index is 634. The van der Waals surface area contributed by atoms with Crippen LogP contribution in [0.1, 0.15) is 22.5 Å². The Morgan fingerprint density at radius 2 is 1.50 bits per heavy atom. The lowest BCUT2D eigenvalue weighted by Crippen LogP contribution is -2.23. The molecule has 0 fully saturated rings. The van der Waals surface area contributed by atoms with E-state index in [1.807, 2.05) is 6.26 Å². The van der Waals surface area contributed by atoms with E-state index in [-0.39, 0.29) is 11.1 Å². The SMILES string of the molecule is CSCc1c(C)c(=O)n2c(=O)c(C)c(CSO)n12. The second-order valence-corrected chi connectivity index (χ2v) is 5.50. The molecule has 98 valence electrons. The molecule has 7 heteroatoms. The highest BCUT2D eigenvalue weighted by Crippen LogP contribution is 2.18. The minimum absolute atomic E-state index is 0.263. The van der Waals surface area contributed by atoms with Gasteiger partial charge in [-0.1, -0.05) is 0 Å². The maximum absolute atomic E-state index is 12.1. The van der Waals surface area contributed by atoms with Crippen molar-refractivity contribution in [2.75, 3.05) is 6.26 Å². The smallest absolute Gasteiger partial charge is 0.277 e. The molecule has 2 aromatic heterocycles. The number of hydrogen-bond donors (Lipinski definition) is 1. The molecule has 2 aromatic rings. The molecule has 0 spiro atoms. The molecule has 0 aliphatic carbocycles. The lowest BCUT2D eigenvalue weighted by molar-refractivity contribution is 0.660. The summed E-state index contributed by atoms with van der Waals surface area (Å²) in [7, 11) is 0. The molecule has 0 unspecified atom stereocenters. The van der Waals surface area contributed by atoms with E-state index >= 15 is 0 Å². The van der Waals surface area contributed by atoms with Crippen LogP contribution < -0.4 is 11.1 Å². The molecule has 0 aliphatic heterocycles. The monoisotopic (exact) mass is 286 g/mol. The zero-order valence-electron chi connectivity index (χ0n) is 10.4. The van der Waals surface area contributed by atoms with Gasteiger partial charge in [-0.05, 0) is 32.1 Å². The van der Waals surface area contributed by atoms with Crippen molar-refractivity contribution < 1.29 is 4.55 Å². The fourth-order valence-electron chi connectivity index (χ4n) is 2.10. The predicted molar refractivity (Wildman–Crippen MR) is 75.2 cm³/mol. The standard InChI is InChI=1S/C11H14N2O3S2/c1-6-8(4-17-3)12-9(5-18-16)7(2)11(15)13(12)10(6)14/h16H,4-5H2,1-3H3. The van der Waals surface area contributed by atoms with E-state index in [4.69, 9.17) is 4.55 Å². The van der Waals surface area contributed by atoms with Crippen molar-refractivity contribution in [3.63, 3.8) is 0 Å². The summed E-state index contributed by atoms with van der Waals surface area (Å²) < 4.78 is 11.8. The highest BCUT2D eigenvalue weighted by Gasteiger charge is 2.21. The summed E-state index contributed by atoms with van der Waals surface area (Å²) in [5, 5.41) is 0. The van der Waals surface area contributed by atoms with Crippen molar-refractivity contribution in [2.45, 2.75) is 25.4 Å². The average molecular weight is 286 g/mol. The second kappa shape index (κ2) is 4.99. The third-order valence-electron chi connectivity index (χ3n) is 3.09. The van der Waals surface area contributed by atoms with E-state index in [9.17, 15) is 9.59 Å². The van der Waals surface area contributed by atoms with Crippen LogP contribution in [0.3, 0.4) is 0 Å². The third kappa shape index (κ3) is 1.77. The number of rotatable bonds is 4. The molecule has 18 heavy (non-hydrogen) atoms. The number of nitrogens with zero attached hydrogens (tertiary/aromatic N) is 2. The van der Waals surface area contributed by atoms with Crippen LogP contribution >= 0.6 is 23.8 Å². The van der Waals surface area contributed by atoms with Gasteiger partial charge in [-0.2, -0.15) is 16.3 Å². The van der Waals surface area contributed by atoms with Gasteiger partial charge in [0.1, 0.15) is 0 Å². The van der Waals surface area contributed by atoms with E-state index in [1.165, 1.54) is 4.52 Å². The average Bonchev–Trinajstić information content (AvgIpc) is 2.73. The van der Waals surface area contributed by atoms with Gasteiger partial charge < -0.3 is 4.55 Å². The Morgan fingerprint density at radius 3 is 1.94 bits per heavy atom. The first-order chi connectivity index (χ1) is 8.54. The first kappa shape index (κ1) is 13.5. The van der Waals surface area contributed by atoms with Crippen molar-refractivity contribution >= 4 is 23.8 Å². The normalized spacial score (nSPS) is 11.6. The van der Waals surface area contributed by atoms with E-state index in [1.54, 1.807) is 30.1 Å². The van der Waals surface area contributed by atoms with Gasteiger partial charge in [-0.3, -0.25) is 9.59 Å². The van der Waals surface area contributed by atoms with Crippen molar-refractivity contribution in [3.05, 3.63) is 43.2 Å². The van der Waals surface area contributed by atoms with Gasteiger partial charge in [-0.25, -0.2) is 4.52 Å². The second-order valence-electron chi connectivity index (χ2n) is 4.08. The number of aromatic nitrogens is 2. The molecule has 0 radical (unpaired) electrons. The molecule has 2 heterocycles. The van der Waals surface area contributed by atoms with Crippen LogP contribution in [0.5, 0.6) is 0 Å². The fraction of sp³-hybridized carbons (Fsp3) is 0.455. The molecule has 1 N–H and O–H groups in total. The van der Waals surface area contributed by atoms with Gasteiger partial charge in [0, 0.05) is 16.9 Å². The van der Waals surface area contributed by atoms with Crippen LogP contribution in [0, 0.1) is 13.8 Å². The lowest BCUT2D eigenvalue weighted by atomic mass is 10.2. The maximum Gasteiger partial charge on any atom is 0.277 e. The van der Waals surface area contributed by atoms with Gasteiger partial charge >= 0.3 is 0 Å². The van der Waals surface area contributed by atoms with Crippen molar-refractivity contribution in [2.24, 2.45) is 0 Å². The van der Waals surface area contributed by atoms with Crippen LogP contribution in [0.2, 0.25) is 0 Å². The minimum atomic E-state index is -0.292. The van der Waals surface area contributed by atoms with Crippen molar-refractivity contribution in [1.29, 1.82) is 0 Å². The summed E-state index contributed by atoms with van der Waals surface area (Å²) in [5.41, 5.74) is 2.10. The van der Waals surface area contributed by atoms with E-state index in [2.05, 4.69) is 0 Å². The molecule has 0 amide bonds. The molecule has 5 nitrogen and oxygen atoms in total. The van der Waals surface area contributed by atoms with Gasteiger partial charge in [0.15, 0.2) is 0 Å². The molecule has 0 atom stereocenters. The fourth-order valence-corrected chi connectivity index (χ4v) is 3.17. The Kier molecular flexibility index (Phi) is 3.74. The number of thioether (sulfide) groups is 1. The van der Waals surface area contributed by atoms with E-state index in [0.717, 1.165) is 5.69 Å². The predicted octanol–water partition coefficient (Wildman–Crippen LogP) is 1.38. The molecule has 0 bridgehead atoms. The summed E-state index contributed by atoms with van der Waals surface area (Å²) in [5.74, 6) is 0.959. The minimum Gasteiger partial charge on any atom is -0.330 e. The van der Waals surface area contributed by atoms with Crippen LogP contribution in [-0.4, -0.2) is 19.8 Å².